The average Bonchev–Trinajstić information content (AvgIpc) is 2.49. The van der Waals surface area contributed by atoms with Crippen molar-refractivity contribution in [1.29, 1.82) is 0 Å². The molecule has 1 aromatic carbocycles. The summed E-state index contributed by atoms with van der Waals surface area (Å²) in [7, 11) is 0. The molecule has 1 unspecified atom stereocenters. The number of aromatic nitrogens is 1. The Labute approximate surface area is 120 Å². The van der Waals surface area contributed by atoms with E-state index in [0.29, 0.717) is 6.04 Å². The highest BCUT2D eigenvalue weighted by Gasteiger charge is 2.08. The van der Waals surface area contributed by atoms with Crippen molar-refractivity contribution in [1.82, 2.24) is 10.3 Å². The summed E-state index contributed by atoms with van der Waals surface area (Å²) in [6, 6.07) is 10.2. The summed E-state index contributed by atoms with van der Waals surface area (Å²) >= 11 is 0. The van der Waals surface area contributed by atoms with E-state index in [-0.39, 0.29) is 5.82 Å². The molecule has 0 radical (unpaired) electrons. The van der Waals surface area contributed by atoms with Gasteiger partial charge in [-0.3, -0.25) is 4.98 Å². The van der Waals surface area contributed by atoms with Crippen molar-refractivity contribution in [2.75, 3.05) is 6.54 Å². The van der Waals surface area contributed by atoms with Gasteiger partial charge in [0, 0.05) is 17.8 Å². The second-order valence-corrected chi connectivity index (χ2v) is 4.93. The minimum Gasteiger partial charge on any atom is -0.310 e. The molecule has 1 N–H and O–H groups in total. The van der Waals surface area contributed by atoms with E-state index in [1.165, 1.54) is 17.8 Å². The first-order valence-electron chi connectivity index (χ1n) is 7.18. The third kappa shape index (κ3) is 3.64. The summed E-state index contributed by atoms with van der Waals surface area (Å²) < 4.78 is 13.2. The third-order valence-corrected chi connectivity index (χ3v) is 3.40. The van der Waals surface area contributed by atoms with Crippen LogP contribution in [0.1, 0.15) is 38.3 Å². The fraction of sp³-hybridized carbons (Fsp3) is 0.353. The zero-order valence-electron chi connectivity index (χ0n) is 12.1. The Morgan fingerprint density at radius 1 is 1.10 bits per heavy atom. The van der Waals surface area contributed by atoms with Gasteiger partial charge in [-0.2, -0.15) is 0 Å². The van der Waals surface area contributed by atoms with Gasteiger partial charge >= 0.3 is 0 Å². The Morgan fingerprint density at radius 2 is 1.85 bits per heavy atom. The SMILES string of the molecule is CCCNC(CC)c1ccc(-c2cncc(F)c2)cc1. The van der Waals surface area contributed by atoms with Crippen LogP contribution in [0.3, 0.4) is 0 Å². The summed E-state index contributed by atoms with van der Waals surface area (Å²) in [6.07, 6.45) is 5.09. The highest BCUT2D eigenvalue weighted by Crippen LogP contribution is 2.23. The number of rotatable bonds is 6. The van der Waals surface area contributed by atoms with Crippen LogP contribution in [0, 0.1) is 5.82 Å². The molecular weight excluding hydrogens is 251 g/mol. The first-order valence-corrected chi connectivity index (χ1v) is 7.18. The molecule has 0 fully saturated rings. The van der Waals surface area contributed by atoms with Gasteiger partial charge in [0.1, 0.15) is 5.82 Å². The number of nitrogens with zero attached hydrogens (tertiary/aromatic N) is 1. The first kappa shape index (κ1) is 14.7. The first-order chi connectivity index (χ1) is 9.74. The van der Waals surface area contributed by atoms with Gasteiger partial charge in [-0.25, -0.2) is 4.39 Å². The second-order valence-electron chi connectivity index (χ2n) is 4.93. The Hall–Kier alpha value is -1.74. The minimum absolute atomic E-state index is 0.303. The van der Waals surface area contributed by atoms with Gasteiger partial charge in [0.05, 0.1) is 6.20 Å². The van der Waals surface area contributed by atoms with Gasteiger partial charge in [0.15, 0.2) is 0 Å². The molecule has 0 saturated carbocycles. The van der Waals surface area contributed by atoms with Crippen LogP contribution in [0.4, 0.5) is 4.39 Å². The molecule has 0 spiro atoms. The lowest BCUT2D eigenvalue weighted by molar-refractivity contribution is 0.518. The highest BCUT2D eigenvalue weighted by molar-refractivity contribution is 5.62. The molecule has 0 aliphatic carbocycles. The van der Waals surface area contributed by atoms with Crippen LogP contribution in [-0.2, 0) is 0 Å². The quantitative estimate of drug-likeness (QED) is 0.846. The van der Waals surface area contributed by atoms with E-state index >= 15 is 0 Å². The Balaban J connectivity index is 2.17. The zero-order valence-corrected chi connectivity index (χ0v) is 12.1. The van der Waals surface area contributed by atoms with Crippen LogP contribution >= 0.6 is 0 Å². The molecule has 2 rings (SSSR count). The van der Waals surface area contributed by atoms with E-state index in [9.17, 15) is 4.39 Å². The molecule has 106 valence electrons. The van der Waals surface area contributed by atoms with Gasteiger partial charge in [0.2, 0.25) is 0 Å². The Morgan fingerprint density at radius 3 is 2.45 bits per heavy atom. The molecule has 0 aliphatic rings. The largest absolute Gasteiger partial charge is 0.310 e. The summed E-state index contributed by atoms with van der Waals surface area (Å²) in [5.41, 5.74) is 3.08. The third-order valence-electron chi connectivity index (χ3n) is 3.40. The molecule has 20 heavy (non-hydrogen) atoms. The van der Waals surface area contributed by atoms with Crippen molar-refractivity contribution in [3.8, 4) is 11.1 Å². The summed E-state index contributed by atoms with van der Waals surface area (Å²) in [5, 5.41) is 3.53. The van der Waals surface area contributed by atoms with Gasteiger partial charge in [-0.15, -0.1) is 0 Å². The van der Waals surface area contributed by atoms with Crippen LogP contribution in [0.2, 0.25) is 0 Å². The Kier molecular flexibility index (Phi) is 5.24. The van der Waals surface area contributed by atoms with Crippen molar-refractivity contribution >= 4 is 0 Å². The molecule has 1 heterocycles. The standard InChI is InChI=1S/C17H21FN2/c1-3-9-20-17(4-2)14-7-5-13(6-8-14)15-10-16(18)12-19-11-15/h5-8,10-12,17,20H,3-4,9H2,1-2H3. The molecule has 2 nitrogen and oxygen atoms in total. The second kappa shape index (κ2) is 7.15. The van der Waals surface area contributed by atoms with Crippen LogP contribution < -0.4 is 5.32 Å². The van der Waals surface area contributed by atoms with E-state index < -0.39 is 0 Å². The molecule has 0 bridgehead atoms. The van der Waals surface area contributed by atoms with Crippen molar-refractivity contribution in [3.05, 3.63) is 54.1 Å². The van der Waals surface area contributed by atoms with E-state index in [2.05, 4.69) is 36.3 Å². The lowest BCUT2D eigenvalue weighted by Crippen LogP contribution is -2.21. The monoisotopic (exact) mass is 272 g/mol. The normalized spacial score (nSPS) is 12.3. The van der Waals surface area contributed by atoms with Crippen LogP contribution in [0.15, 0.2) is 42.7 Å². The van der Waals surface area contributed by atoms with Crippen LogP contribution in [0.25, 0.3) is 11.1 Å². The molecular formula is C17H21FN2. The Bertz CT molecular complexity index is 537. The molecule has 0 saturated heterocycles. The number of nitrogens with one attached hydrogen (secondary N) is 1. The number of hydrogen-bond donors (Lipinski definition) is 1. The van der Waals surface area contributed by atoms with Gasteiger partial charge in [-0.1, -0.05) is 38.1 Å². The van der Waals surface area contributed by atoms with E-state index in [1.54, 1.807) is 6.20 Å². The maximum atomic E-state index is 13.2. The van der Waals surface area contributed by atoms with Gasteiger partial charge in [-0.05, 0) is 36.6 Å². The van der Waals surface area contributed by atoms with Gasteiger partial charge < -0.3 is 5.32 Å². The molecule has 2 aromatic rings. The van der Waals surface area contributed by atoms with Crippen LogP contribution in [-0.4, -0.2) is 11.5 Å². The number of hydrogen-bond acceptors (Lipinski definition) is 2. The van der Waals surface area contributed by atoms with E-state index in [1.807, 2.05) is 12.1 Å². The highest BCUT2D eigenvalue weighted by atomic mass is 19.1. The molecule has 0 aliphatic heterocycles. The smallest absolute Gasteiger partial charge is 0.142 e. The lowest BCUT2D eigenvalue weighted by Gasteiger charge is -2.17. The number of benzene rings is 1. The lowest BCUT2D eigenvalue weighted by atomic mass is 10.00. The predicted octanol–water partition coefficient (Wildman–Crippen LogP) is 4.34. The zero-order chi connectivity index (χ0) is 14.4. The van der Waals surface area contributed by atoms with Crippen LogP contribution in [0.5, 0.6) is 0 Å². The maximum Gasteiger partial charge on any atom is 0.142 e. The minimum atomic E-state index is -0.303. The number of pyridine rings is 1. The molecule has 3 heteroatoms. The van der Waals surface area contributed by atoms with Crippen molar-refractivity contribution in [2.24, 2.45) is 0 Å². The van der Waals surface area contributed by atoms with E-state index in [4.69, 9.17) is 0 Å². The summed E-state index contributed by atoms with van der Waals surface area (Å²) in [5.74, 6) is -0.303. The van der Waals surface area contributed by atoms with Gasteiger partial charge in [0.25, 0.3) is 0 Å². The topological polar surface area (TPSA) is 24.9 Å². The number of halogens is 1. The summed E-state index contributed by atoms with van der Waals surface area (Å²) in [4.78, 5) is 3.89. The average molecular weight is 272 g/mol. The molecule has 0 amide bonds. The predicted molar refractivity (Wildman–Crippen MR) is 81.0 cm³/mol. The molecule has 1 atom stereocenters. The summed E-state index contributed by atoms with van der Waals surface area (Å²) in [6.45, 7) is 5.37. The fourth-order valence-corrected chi connectivity index (χ4v) is 2.29. The van der Waals surface area contributed by atoms with Crippen molar-refractivity contribution < 1.29 is 4.39 Å². The molecule has 1 aromatic heterocycles. The fourth-order valence-electron chi connectivity index (χ4n) is 2.29. The van der Waals surface area contributed by atoms with Crippen molar-refractivity contribution in [3.63, 3.8) is 0 Å². The maximum absolute atomic E-state index is 13.2. The van der Waals surface area contributed by atoms with E-state index in [0.717, 1.165) is 30.5 Å². The van der Waals surface area contributed by atoms with Crippen molar-refractivity contribution in [2.45, 2.75) is 32.7 Å².